The van der Waals surface area contributed by atoms with Crippen molar-refractivity contribution in [2.24, 2.45) is 0 Å². The minimum absolute atomic E-state index is 0.104. The molecule has 0 bridgehead atoms. The lowest BCUT2D eigenvalue weighted by Crippen LogP contribution is -2.41. The van der Waals surface area contributed by atoms with Gasteiger partial charge in [-0.15, -0.1) is 0 Å². The molecule has 3 amide bonds. The van der Waals surface area contributed by atoms with E-state index in [1.54, 1.807) is 48.5 Å². The van der Waals surface area contributed by atoms with E-state index in [1.165, 1.54) is 7.05 Å². The van der Waals surface area contributed by atoms with Gasteiger partial charge >= 0.3 is 12.0 Å². The lowest BCUT2D eigenvalue weighted by atomic mass is 10.1. The fraction of sp³-hybridized carbons (Fsp3) is 0.167. The second kappa shape index (κ2) is 9.22. The van der Waals surface area contributed by atoms with Crippen LogP contribution < -0.4 is 10.6 Å². The minimum Gasteiger partial charge on any atom is -0.447 e. The van der Waals surface area contributed by atoms with Gasteiger partial charge in [0.25, 0.3) is 5.91 Å². The van der Waals surface area contributed by atoms with Crippen LogP contribution in [0.1, 0.15) is 17.2 Å². The highest BCUT2D eigenvalue weighted by Gasteiger charge is 2.26. The van der Waals surface area contributed by atoms with E-state index in [0.717, 1.165) is 0 Å². The molecule has 0 aliphatic carbocycles. The van der Waals surface area contributed by atoms with Crippen molar-refractivity contribution in [1.29, 1.82) is 0 Å². The standard InChI is InChI=1S/C18H16Cl2N2O4/c1-21-18(25)22-17(24)16(12-5-3-2-4-6-12)26-15(23)10-11-7-8-13(19)14(20)9-11/h2-9,16H,10H2,1H3,(H2,21,22,24,25)/t16-/m0/s1. The Balaban J connectivity index is 2.14. The number of esters is 1. The van der Waals surface area contributed by atoms with Crippen molar-refractivity contribution >= 4 is 41.1 Å². The first-order valence-corrected chi connectivity index (χ1v) is 8.37. The van der Waals surface area contributed by atoms with E-state index in [4.69, 9.17) is 27.9 Å². The number of nitrogens with one attached hydrogen (secondary N) is 2. The van der Waals surface area contributed by atoms with Gasteiger partial charge in [-0.3, -0.25) is 14.9 Å². The molecule has 0 aliphatic heterocycles. The summed E-state index contributed by atoms with van der Waals surface area (Å²) in [6.45, 7) is 0. The Morgan fingerprint density at radius 1 is 1.04 bits per heavy atom. The van der Waals surface area contributed by atoms with Crippen LogP contribution in [0.5, 0.6) is 0 Å². The van der Waals surface area contributed by atoms with Gasteiger partial charge in [0.2, 0.25) is 6.10 Å². The molecule has 136 valence electrons. The monoisotopic (exact) mass is 394 g/mol. The SMILES string of the molecule is CNC(=O)NC(=O)[C@@H](OC(=O)Cc1ccc(Cl)c(Cl)c1)c1ccccc1. The molecule has 0 aliphatic rings. The molecule has 1 atom stereocenters. The molecule has 0 saturated heterocycles. The van der Waals surface area contributed by atoms with Gasteiger partial charge in [0.15, 0.2) is 0 Å². The number of carbonyl (C=O) groups excluding carboxylic acids is 3. The fourth-order valence-corrected chi connectivity index (χ4v) is 2.45. The summed E-state index contributed by atoms with van der Waals surface area (Å²) < 4.78 is 5.31. The zero-order chi connectivity index (χ0) is 19.1. The number of hydrogen-bond acceptors (Lipinski definition) is 4. The Morgan fingerprint density at radius 2 is 1.73 bits per heavy atom. The van der Waals surface area contributed by atoms with Crippen molar-refractivity contribution < 1.29 is 19.1 Å². The highest BCUT2D eigenvalue weighted by atomic mass is 35.5. The molecule has 2 N–H and O–H groups in total. The quantitative estimate of drug-likeness (QED) is 0.762. The van der Waals surface area contributed by atoms with Crippen LogP contribution in [0.25, 0.3) is 0 Å². The molecule has 0 radical (unpaired) electrons. The summed E-state index contributed by atoms with van der Waals surface area (Å²) in [6, 6.07) is 12.5. The Hall–Kier alpha value is -2.57. The first-order chi connectivity index (χ1) is 12.4. The van der Waals surface area contributed by atoms with Crippen molar-refractivity contribution in [2.45, 2.75) is 12.5 Å². The first-order valence-electron chi connectivity index (χ1n) is 7.61. The predicted octanol–water partition coefficient (Wildman–Crippen LogP) is 3.28. The summed E-state index contributed by atoms with van der Waals surface area (Å²) in [6.07, 6.45) is -1.36. The smallest absolute Gasteiger partial charge is 0.321 e. The molecule has 2 rings (SSSR count). The third-order valence-corrected chi connectivity index (χ3v) is 4.13. The maximum atomic E-state index is 12.3. The molecule has 0 aromatic heterocycles. The van der Waals surface area contributed by atoms with Crippen LogP contribution in [-0.4, -0.2) is 25.0 Å². The van der Waals surface area contributed by atoms with E-state index in [-0.39, 0.29) is 6.42 Å². The van der Waals surface area contributed by atoms with E-state index in [1.807, 2.05) is 0 Å². The topological polar surface area (TPSA) is 84.5 Å². The zero-order valence-corrected chi connectivity index (χ0v) is 15.3. The lowest BCUT2D eigenvalue weighted by molar-refractivity contribution is -0.155. The molecular formula is C18H16Cl2N2O4. The molecule has 0 heterocycles. The van der Waals surface area contributed by atoms with Gasteiger partial charge in [0.05, 0.1) is 16.5 Å². The van der Waals surface area contributed by atoms with Gasteiger partial charge in [-0.05, 0) is 17.7 Å². The van der Waals surface area contributed by atoms with Crippen molar-refractivity contribution in [1.82, 2.24) is 10.6 Å². The highest BCUT2D eigenvalue weighted by molar-refractivity contribution is 6.42. The van der Waals surface area contributed by atoms with Crippen LogP contribution in [0.4, 0.5) is 4.79 Å². The van der Waals surface area contributed by atoms with Gasteiger partial charge in [0.1, 0.15) is 0 Å². The van der Waals surface area contributed by atoms with Gasteiger partial charge in [-0.1, -0.05) is 59.6 Å². The largest absolute Gasteiger partial charge is 0.447 e. The number of halogens is 2. The Morgan fingerprint density at radius 3 is 2.35 bits per heavy atom. The maximum absolute atomic E-state index is 12.3. The molecule has 0 fully saturated rings. The van der Waals surface area contributed by atoms with E-state index in [0.29, 0.717) is 21.2 Å². The highest BCUT2D eigenvalue weighted by Crippen LogP contribution is 2.24. The van der Waals surface area contributed by atoms with E-state index in [9.17, 15) is 14.4 Å². The summed E-state index contributed by atoms with van der Waals surface area (Å²) in [5.74, 6) is -1.40. The van der Waals surface area contributed by atoms with Crippen molar-refractivity contribution in [3.05, 3.63) is 69.7 Å². The molecule has 26 heavy (non-hydrogen) atoms. The van der Waals surface area contributed by atoms with Crippen LogP contribution >= 0.6 is 23.2 Å². The molecular weight excluding hydrogens is 379 g/mol. The molecule has 6 nitrogen and oxygen atoms in total. The molecule has 0 unspecified atom stereocenters. The number of rotatable bonds is 5. The molecule has 8 heteroatoms. The van der Waals surface area contributed by atoms with Crippen molar-refractivity contribution in [3.8, 4) is 0 Å². The second-order valence-corrected chi connectivity index (χ2v) is 6.09. The van der Waals surface area contributed by atoms with Crippen molar-refractivity contribution in [3.63, 3.8) is 0 Å². The number of benzene rings is 2. The van der Waals surface area contributed by atoms with Crippen molar-refractivity contribution in [2.75, 3.05) is 7.05 Å². The normalized spacial score (nSPS) is 11.3. The Kier molecular flexibility index (Phi) is 7.00. The second-order valence-electron chi connectivity index (χ2n) is 5.27. The lowest BCUT2D eigenvalue weighted by Gasteiger charge is -2.17. The van der Waals surface area contributed by atoms with Crippen LogP contribution in [0.3, 0.4) is 0 Å². The average molecular weight is 395 g/mol. The molecule has 0 spiro atoms. The molecule has 0 saturated carbocycles. The summed E-state index contributed by atoms with van der Waals surface area (Å²) in [5.41, 5.74) is 1.03. The fourth-order valence-electron chi connectivity index (χ4n) is 2.13. The van der Waals surface area contributed by atoms with Gasteiger partial charge < -0.3 is 10.1 Å². The Bertz CT molecular complexity index is 812. The summed E-state index contributed by atoms with van der Waals surface area (Å²) in [7, 11) is 1.37. The summed E-state index contributed by atoms with van der Waals surface area (Å²) in [4.78, 5) is 36.0. The van der Waals surface area contributed by atoms with Gasteiger partial charge in [-0.2, -0.15) is 0 Å². The number of ether oxygens (including phenoxy) is 1. The van der Waals surface area contributed by atoms with Gasteiger partial charge in [-0.25, -0.2) is 4.79 Å². The van der Waals surface area contributed by atoms with E-state index < -0.39 is 24.0 Å². The number of imide groups is 1. The Labute approximate surface area is 160 Å². The number of urea groups is 1. The van der Waals surface area contributed by atoms with Crippen LogP contribution in [-0.2, 0) is 20.7 Å². The maximum Gasteiger partial charge on any atom is 0.321 e. The summed E-state index contributed by atoms with van der Waals surface area (Å²) in [5, 5.41) is 5.06. The van der Waals surface area contributed by atoms with Crippen LogP contribution in [0, 0.1) is 0 Å². The third kappa shape index (κ3) is 5.47. The zero-order valence-electron chi connectivity index (χ0n) is 13.8. The molecule has 2 aromatic rings. The van der Waals surface area contributed by atoms with E-state index in [2.05, 4.69) is 10.6 Å². The molecule has 2 aromatic carbocycles. The van der Waals surface area contributed by atoms with Gasteiger partial charge in [0, 0.05) is 12.6 Å². The number of hydrogen-bond donors (Lipinski definition) is 2. The van der Waals surface area contributed by atoms with Crippen LogP contribution in [0.15, 0.2) is 48.5 Å². The van der Waals surface area contributed by atoms with E-state index >= 15 is 0 Å². The average Bonchev–Trinajstić information content (AvgIpc) is 2.63. The first kappa shape index (κ1) is 19.8. The summed E-state index contributed by atoms with van der Waals surface area (Å²) >= 11 is 11.8. The minimum atomic E-state index is -1.26. The number of carbonyl (C=O) groups is 3. The number of amides is 3. The predicted molar refractivity (Wildman–Crippen MR) is 98.0 cm³/mol. The van der Waals surface area contributed by atoms with Crippen LogP contribution in [0.2, 0.25) is 10.0 Å². The third-order valence-electron chi connectivity index (χ3n) is 3.39.